The first-order valence-electron chi connectivity index (χ1n) is 6.34. The van der Waals surface area contributed by atoms with Gasteiger partial charge < -0.3 is 15.5 Å². The summed E-state index contributed by atoms with van der Waals surface area (Å²) in [5, 5.41) is 6.92. The number of rotatable bonds is 0. The van der Waals surface area contributed by atoms with E-state index in [9.17, 15) is 0 Å². The smallest absolute Gasteiger partial charge is 0 e. The summed E-state index contributed by atoms with van der Waals surface area (Å²) in [6, 6.07) is 0.804. The van der Waals surface area contributed by atoms with Gasteiger partial charge in [-0.1, -0.05) is 13.8 Å². The van der Waals surface area contributed by atoms with Crippen molar-refractivity contribution in [2.45, 2.75) is 32.7 Å². The van der Waals surface area contributed by atoms with E-state index in [2.05, 4.69) is 10.6 Å². The molecule has 0 aliphatic carbocycles. The summed E-state index contributed by atoms with van der Waals surface area (Å²) in [6.45, 7) is 8.68. The normalized spacial score (nSPS) is 24.8. The third-order valence-corrected chi connectivity index (χ3v) is 2.50. The molecule has 2 aliphatic heterocycles. The first-order valence-corrected chi connectivity index (χ1v) is 9.19. The van der Waals surface area contributed by atoms with Crippen molar-refractivity contribution < 1.29 is 40.6 Å². The van der Waals surface area contributed by atoms with Crippen LogP contribution in [0.1, 0.15) is 26.7 Å². The van der Waals surface area contributed by atoms with Crippen LogP contribution in [0.5, 0.6) is 0 Å². The van der Waals surface area contributed by atoms with E-state index in [0.717, 1.165) is 18.6 Å². The van der Waals surface area contributed by atoms with Gasteiger partial charge in [0, 0.05) is 33.7 Å². The Morgan fingerprint density at radius 3 is 2.00 bits per heavy atom. The van der Waals surface area contributed by atoms with Crippen molar-refractivity contribution in [3.05, 3.63) is 0 Å². The van der Waals surface area contributed by atoms with Crippen LogP contribution in [-0.2, 0) is 21.1 Å². The molecule has 0 radical (unpaired) electrons. The summed E-state index contributed by atoms with van der Waals surface area (Å²) >= 11 is 0. The van der Waals surface area contributed by atoms with Crippen molar-refractivity contribution in [2.24, 2.45) is 5.92 Å². The van der Waals surface area contributed by atoms with Crippen LogP contribution in [0.3, 0.4) is 0 Å². The zero-order chi connectivity index (χ0) is 14.6. The van der Waals surface area contributed by atoms with Crippen LogP contribution in [0.4, 0.5) is 0 Å². The number of hydrogen-bond acceptors (Lipinski definition) is 6. The van der Waals surface area contributed by atoms with Crippen LogP contribution in [0.25, 0.3) is 0 Å². The van der Waals surface area contributed by atoms with Gasteiger partial charge in [0.1, 0.15) is 0 Å². The number of nitrogens with one attached hydrogen (secondary N) is 2. The maximum atomic E-state index is 7.77. The Balaban J connectivity index is -0.000000225. The van der Waals surface area contributed by atoms with Crippen molar-refractivity contribution in [1.29, 1.82) is 0 Å². The molecule has 0 saturated carbocycles. The molecule has 9 heteroatoms. The van der Waals surface area contributed by atoms with Gasteiger partial charge in [-0.05, 0) is 41.3 Å². The van der Waals surface area contributed by atoms with Crippen molar-refractivity contribution in [1.82, 2.24) is 10.6 Å². The van der Waals surface area contributed by atoms with Crippen LogP contribution in [0.15, 0.2) is 0 Å². The largest absolute Gasteiger partial charge is 0.380 e. The molecular weight excluding hydrogens is 458 g/mol. The van der Waals surface area contributed by atoms with Crippen LogP contribution in [0.2, 0.25) is 0 Å². The van der Waals surface area contributed by atoms with E-state index in [1.54, 1.807) is 0 Å². The van der Waals surface area contributed by atoms with E-state index in [4.69, 9.17) is 19.6 Å². The van der Waals surface area contributed by atoms with Crippen molar-refractivity contribution in [3.63, 3.8) is 0 Å². The maximum Gasteiger partial charge on any atom is 0 e. The summed E-state index contributed by atoms with van der Waals surface area (Å²) in [7, 11) is -2.19. The molecule has 0 spiro atoms. The summed E-state index contributed by atoms with van der Waals surface area (Å²) in [6.07, 6.45) is 2.81. The van der Waals surface area contributed by atoms with E-state index >= 15 is 0 Å². The fourth-order valence-corrected chi connectivity index (χ4v) is 1.93. The van der Waals surface area contributed by atoms with Gasteiger partial charge in [0.15, 0.2) is 0 Å². The molecule has 2 heterocycles. The average molecular weight is 488 g/mol. The van der Waals surface area contributed by atoms with Crippen molar-refractivity contribution >= 4 is 17.4 Å². The van der Waals surface area contributed by atoms with Gasteiger partial charge in [-0.15, -0.1) is 0 Å². The van der Waals surface area contributed by atoms with Crippen molar-refractivity contribution in [2.75, 3.05) is 26.3 Å². The van der Waals surface area contributed by atoms with Gasteiger partial charge in [0.05, 0.1) is 0 Å². The van der Waals surface area contributed by atoms with E-state index < -0.39 is 7.94 Å². The molecule has 6 nitrogen and oxygen atoms in total. The number of fused-ring (bicyclic) bond motifs is 1. The molecule has 0 bridgehead atoms. The van der Waals surface area contributed by atoms with Gasteiger partial charge in [-0.3, -0.25) is 0 Å². The molecule has 3 atom stereocenters. The molecular formula is C10H30N2O4P2W. The average Bonchev–Trinajstić information content (AvgIpc) is 2.80. The van der Waals surface area contributed by atoms with Gasteiger partial charge in [0.25, 0.3) is 0 Å². The molecule has 2 rings (SSSR count). The fourth-order valence-electron chi connectivity index (χ4n) is 1.93. The second kappa shape index (κ2) is 15.7. The van der Waals surface area contributed by atoms with E-state index in [1.165, 1.54) is 41.9 Å². The minimum absolute atomic E-state index is 0. The second-order valence-corrected chi connectivity index (χ2v) is 6.03. The molecule has 0 amide bonds. The molecule has 0 aromatic carbocycles. The molecule has 0 aromatic heterocycles. The zero-order valence-corrected chi connectivity index (χ0v) is 17.1. The third-order valence-electron chi connectivity index (χ3n) is 2.50. The van der Waals surface area contributed by atoms with Gasteiger partial charge >= 0.3 is 29.3 Å². The summed E-state index contributed by atoms with van der Waals surface area (Å²) < 4.78 is 0. The monoisotopic (exact) mass is 488 g/mol. The minimum atomic E-state index is -3.61. The number of piperidine rings is 1. The van der Waals surface area contributed by atoms with Gasteiger partial charge in [-0.2, -0.15) is 0 Å². The Bertz CT molecular complexity index is 169. The SMILES string of the molecule is C1CNC2CNCC2C1.CC.C[PH](O)(O)O.OP.[W]. The molecule has 3 unspecified atom stereocenters. The Morgan fingerprint density at radius 2 is 1.58 bits per heavy atom. The molecule has 0 aromatic rings. The predicted molar refractivity (Wildman–Crippen MR) is 81.6 cm³/mol. The standard InChI is InChI=1S/C7H14N2.C2H6.CH7O3P.H3OP.W/c1-2-6-4-8-5-7(6)9-3-1;1-2;1-5(2,3)4;1-2;/h6-9H,1-5H2;1-2H3;2-5H,1H3;1H,2H2;. The van der Waals surface area contributed by atoms with Crippen LogP contribution < -0.4 is 10.6 Å². The molecule has 2 aliphatic rings. The molecule has 19 heavy (non-hydrogen) atoms. The predicted octanol–water partition coefficient (Wildman–Crippen LogP) is -0.162. The van der Waals surface area contributed by atoms with E-state index in [0.29, 0.717) is 0 Å². The Hall–Kier alpha value is 1.31. The van der Waals surface area contributed by atoms with Crippen LogP contribution in [0, 0.1) is 5.92 Å². The summed E-state index contributed by atoms with van der Waals surface area (Å²) in [5.41, 5.74) is 0. The minimum Gasteiger partial charge on any atom is -0.380 e. The molecule has 2 saturated heterocycles. The van der Waals surface area contributed by atoms with Gasteiger partial charge in [0.2, 0.25) is 0 Å². The zero-order valence-electron chi connectivity index (χ0n) is 12.0. The first-order chi connectivity index (χ1) is 8.47. The van der Waals surface area contributed by atoms with Crippen molar-refractivity contribution in [3.8, 4) is 0 Å². The van der Waals surface area contributed by atoms with E-state index in [1.807, 2.05) is 13.8 Å². The first kappa shape index (κ1) is 25.3. The van der Waals surface area contributed by atoms with Crippen LogP contribution >= 0.6 is 17.4 Å². The number of hydrogen-bond donors (Lipinski definition) is 6. The van der Waals surface area contributed by atoms with Gasteiger partial charge in [-0.25, -0.2) is 0 Å². The van der Waals surface area contributed by atoms with E-state index in [-0.39, 0.29) is 21.1 Å². The topological polar surface area (TPSA) is 105 Å². The quantitative estimate of drug-likeness (QED) is 0.265. The Labute approximate surface area is 133 Å². The third kappa shape index (κ3) is 17.3. The Kier molecular flexibility index (Phi) is 20.9. The molecule has 120 valence electrons. The second-order valence-electron chi connectivity index (χ2n) is 4.09. The fraction of sp³-hybridized carbons (Fsp3) is 1.00. The molecule has 2 fully saturated rings. The maximum absolute atomic E-state index is 7.77. The molecule has 6 N–H and O–H groups in total. The van der Waals surface area contributed by atoms with Crippen LogP contribution in [-0.4, -0.2) is 51.9 Å². The summed E-state index contributed by atoms with van der Waals surface area (Å²) in [4.78, 5) is 30.2. The Morgan fingerprint density at radius 1 is 1.11 bits per heavy atom. The summed E-state index contributed by atoms with van der Waals surface area (Å²) in [5.74, 6) is 0.943.